The summed E-state index contributed by atoms with van der Waals surface area (Å²) in [5, 5.41) is 3.30. The largest absolute Gasteiger partial charge is 0.301 e. The monoisotopic (exact) mass is 455 g/mol. The molecule has 1 N–H and O–H groups in total. The van der Waals surface area contributed by atoms with Crippen molar-refractivity contribution < 1.29 is 13.2 Å². The van der Waals surface area contributed by atoms with Crippen LogP contribution in [0.4, 0.5) is 5.13 Å². The van der Waals surface area contributed by atoms with Crippen molar-refractivity contribution in [2.45, 2.75) is 36.9 Å². The Kier molecular flexibility index (Phi) is 5.22. The number of carbonyl (C=O) groups is 1. The first-order valence-electron chi connectivity index (χ1n) is 8.71. The van der Waals surface area contributed by atoms with Crippen LogP contribution in [0, 0.1) is 13.8 Å². The molecule has 3 heterocycles. The Bertz CT molecular complexity index is 1170. The number of aryl methyl sites for hydroxylation is 2. The summed E-state index contributed by atoms with van der Waals surface area (Å²) in [6.45, 7) is 4.33. The molecule has 1 aliphatic rings. The van der Waals surface area contributed by atoms with Gasteiger partial charge >= 0.3 is 0 Å². The summed E-state index contributed by atoms with van der Waals surface area (Å²) >= 11 is 8.29. The highest BCUT2D eigenvalue weighted by molar-refractivity contribution is 7.91. The van der Waals surface area contributed by atoms with E-state index in [9.17, 15) is 13.2 Å². The normalized spacial score (nSPS) is 18.0. The fourth-order valence-corrected chi connectivity index (χ4v) is 7.65. The number of sulfonamides is 1. The van der Waals surface area contributed by atoms with Gasteiger partial charge in [-0.3, -0.25) is 4.79 Å². The third kappa shape index (κ3) is 3.57. The summed E-state index contributed by atoms with van der Waals surface area (Å²) in [5.41, 5.74) is 3.05. The van der Waals surface area contributed by atoms with E-state index < -0.39 is 16.1 Å². The van der Waals surface area contributed by atoms with Gasteiger partial charge in [0.15, 0.2) is 5.13 Å². The fourth-order valence-electron chi connectivity index (χ4n) is 3.46. The molecule has 0 radical (unpaired) electrons. The number of halogens is 1. The molecule has 1 amide bonds. The van der Waals surface area contributed by atoms with E-state index >= 15 is 0 Å². The van der Waals surface area contributed by atoms with E-state index in [1.807, 2.05) is 19.9 Å². The second-order valence-electron chi connectivity index (χ2n) is 6.77. The maximum atomic E-state index is 12.9. The van der Waals surface area contributed by atoms with Crippen molar-refractivity contribution in [3.63, 3.8) is 0 Å². The minimum atomic E-state index is -3.75. The van der Waals surface area contributed by atoms with Crippen LogP contribution in [0.25, 0.3) is 10.2 Å². The Morgan fingerprint density at radius 3 is 2.79 bits per heavy atom. The quantitative estimate of drug-likeness (QED) is 0.631. The zero-order valence-electron chi connectivity index (χ0n) is 15.2. The number of benzene rings is 1. The second-order valence-corrected chi connectivity index (χ2v) is 11.6. The van der Waals surface area contributed by atoms with Crippen molar-refractivity contribution in [2.24, 2.45) is 0 Å². The van der Waals surface area contributed by atoms with E-state index in [2.05, 4.69) is 16.4 Å². The summed E-state index contributed by atoms with van der Waals surface area (Å²) in [7, 11) is -3.75. The van der Waals surface area contributed by atoms with Crippen molar-refractivity contribution >= 4 is 65.6 Å². The Morgan fingerprint density at radius 1 is 1.29 bits per heavy atom. The molecule has 2 aromatic heterocycles. The predicted octanol–water partition coefficient (Wildman–Crippen LogP) is 4.42. The Balaban J connectivity index is 1.58. The molecule has 0 bridgehead atoms. The van der Waals surface area contributed by atoms with Crippen LogP contribution in [0.5, 0.6) is 0 Å². The predicted molar refractivity (Wildman–Crippen MR) is 114 cm³/mol. The number of hydrogen-bond donors (Lipinski definition) is 1. The van der Waals surface area contributed by atoms with Gasteiger partial charge in [-0.1, -0.05) is 29.0 Å². The van der Waals surface area contributed by atoms with Gasteiger partial charge in [-0.2, -0.15) is 4.31 Å². The van der Waals surface area contributed by atoms with Crippen molar-refractivity contribution in [3.05, 3.63) is 39.7 Å². The molecule has 1 fully saturated rings. The van der Waals surface area contributed by atoms with E-state index in [1.54, 1.807) is 6.07 Å². The molecule has 1 unspecified atom stereocenters. The first-order chi connectivity index (χ1) is 13.3. The van der Waals surface area contributed by atoms with Gasteiger partial charge in [-0.15, -0.1) is 11.3 Å². The number of carbonyl (C=O) groups excluding carboxylic acids is 1. The van der Waals surface area contributed by atoms with Crippen LogP contribution in [0.3, 0.4) is 0 Å². The number of anilines is 1. The molecule has 1 saturated heterocycles. The SMILES string of the molecule is Cc1cc(C)c2sc(NC(=O)C3CCCN3S(=O)(=O)c3ccc(Cl)s3)nc2c1. The van der Waals surface area contributed by atoms with Crippen molar-refractivity contribution in [2.75, 3.05) is 11.9 Å². The zero-order valence-corrected chi connectivity index (χ0v) is 18.4. The number of nitrogens with zero attached hydrogens (tertiary/aromatic N) is 2. The topological polar surface area (TPSA) is 79.4 Å². The van der Waals surface area contributed by atoms with Gasteiger partial charge in [-0.25, -0.2) is 13.4 Å². The number of hydrogen-bond acceptors (Lipinski definition) is 6. The Labute approximate surface area is 176 Å². The fraction of sp³-hybridized carbons (Fsp3) is 0.333. The third-order valence-electron chi connectivity index (χ3n) is 4.67. The van der Waals surface area contributed by atoms with Gasteiger partial charge in [0.05, 0.1) is 14.6 Å². The van der Waals surface area contributed by atoms with Gasteiger partial charge in [-0.05, 0) is 56.0 Å². The number of aromatic nitrogens is 1. The molecular formula is C18H18ClN3O3S3. The molecule has 0 spiro atoms. The summed E-state index contributed by atoms with van der Waals surface area (Å²) in [6.07, 6.45) is 1.11. The van der Waals surface area contributed by atoms with Crippen LogP contribution in [0.1, 0.15) is 24.0 Å². The Hall–Kier alpha value is -1.52. The van der Waals surface area contributed by atoms with Gasteiger partial charge in [0.2, 0.25) is 5.91 Å². The molecule has 0 saturated carbocycles. The average Bonchev–Trinajstić information content (AvgIpc) is 3.33. The number of fused-ring (bicyclic) bond motifs is 1. The summed E-state index contributed by atoms with van der Waals surface area (Å²) in [4.78, 5) is 17.4. The highest BCUT2D eigenvalue weighted by Crippen LogP contribution is 2.34. The average molecular weight is 456 g/mol. The lowest BCUT2D eigenvalue weighted by Crippen LogP contribution is -2.42. The lowest BCUT2D eigenvalue weighted by atomic mass is 10.1. The smallest absolute Gasteiger partial charge is 0.253 e. The van der Waals surface area contributed by atoms with Gasteiger partial charge in [0.1, 0.15) is 10.3 Å². The van der Waals surface area contributed by atoms with Crippen molar-refractivity contribution in [3.8, 4) is 0 Å². The number of amides is 1. The van der Waals surface area contributed by atoms with Gasteiger partial charge in [0, 0.05) is 6.54 Å². The molecule has 4 rings (SSSR count). The van der Waals surface area contributed by atoms with E-state index in [1.165, 1.54) is 21.7 Å². The van der Waals surface area contributed by atoms with Crippen molar-refractivity contribution in [1.29, 1.82) is 0 Å². The molecule has 148 valence electrons. The summed E-state index contributed by atoms with van der Waals surface area (Å²) in [5.74, 6) is -0.350. The van der Waals surface area contributed by atoms with Crippen LogP contribution in [-0.2, 0) is 14.8 Å². The van der Waals surface area contributed by atoms with Crippen LogP contribution >= 0.6 is 34.3 Å². The van der Waals surface area contributed by atoms with Crippen LogP contribution in [-0.4, -0.2) is 36.2 Å². The van der Waals surface area contributed by atoms with Crippen LogP contribution < -0.4 is 5.32 Å². The van der Waals surface area contributed by atoms with Crippen molar-refractivity contribution in [1.82, 2.24) is 9.29 Å². The van der Waals surface area contributed by atoms with Gasteiger partial charge < -0.3 is 5.32 Å². The van der Waals surface area contributed by atoms with E-state index in [-0.39, 0.29) is 10.1 Å². The molecular weight excluding hydrogens is 438 g/mol. The minimum Gasteiger partial charge on any atom is -0.301 e. The molecule has 0 aliphatic carbocycles. The molecule has 1 atom stereocenters. The summed E-state index contributed by atoms with van der Waals surface area (Å²) in [6, 6.07) is 6.33. The molecule has 28 heavy (non-hydrogen) atoms. The lowest BCUT2D eigenvalue weighted by molar-refractivity contribution is -0.119. The first-order valence-corrected chi connectivity index (χ1v) is 12.2. The Morgan fingerprint density at radius 2 is 2.07 bits per heavy atom. The number of nitrogens with one attached hydrogen (secondary N) is 1. The van der Waals surface area contributed by atoms with E-state index in [0.29, 0.717) is 28.9 Å². The molecule has 10 heteroatoms. The van der Waals surface area contributed by atoms with E-state index in [0.717, 1.165) is 32.7 Å². The molecule has 1 aliphatic heterocycles. The highest BCUT2D eigenvalue weighted by atomic mass is 35.5. The first kappa shape index (κ1) is 19.8. The molecule has 1 aromatic carbocycles. The van der Waals surface area contributed by atoms with E-state index in [4.69, 9.17) is 11.6 Å². The second kappa shape index (κ2) is 7.38. The number of thiophene rings is 1. The summed E-state index contributed by atoms with van der Waals surface area (Å²) < 4.78 is 28.7. The standard InChI is InChI=1S/C18H18ClN3O3S3/c1-10-8-11(2)16-12(9-10)20-18(27-16)21-17(23)13-4-3-7-22(13)28(24,25)15-6-5-14(19)26-15/h5-6,8-9,13H,3-4,7H2,1-2H3,(H,20,21,23). The maximum Gasteiger partial charge on any atom is 0.253 e. The number of rotatable bonds is 4. The molecule has 6 nitrogen and oxygen atoms in total. The lowest BCUT2D eigenvalue weighted by Gasteiger charge is -2.22. The minimum absolute atomic E-state index is 0.156. The zero-order chi connectivity index (χ0) is 20.1. The van der Waals surface area contributed by atoms with Gasteiger partial charge in [0.25, 0.3) is 10.0 Å². The third-order valence-corrected chi connectivity index (χ3v) is 9.40. The number of thiazole rings is 1. The van der Waals surface area contributed by atoms with Crippen LogP contribution in [0.2, 0.25) is 4.34 Å². The molecule has 3 aromatic rings. The van der Waals surface area contributed by atoms with Crippen LogP contribution in [0.15, 0.2) is 28.5 Å². The highest BCUT2D eigenvalue weighted by Gasteiger charge is 2.40. The maximum absolute atomic E-state index is 12.9.